The van der Waals surface area contributed by atoms with Gasteiger partial charge in [-0.1, -0.05) is 6.07 Å². The van der Waals surface area contributed by atoms with Gasteiger partial charge < -0.3 is 5.11 Å². The molecule has 0 aliphatic heterocycles. The van der Waals surface area contributed by atoms with E-state index in [0.717, 1.165) is 29.7 Å². The second-order valence-electron chi connectivity index (χ2n) is 7.13. The molecule has 0 spiro atoms. The van der Waals surface area contributed by atoms with Crippen molar-refractivity contribution in [2.45, 2.75) is 60.0 Å². The largest absolute Gasteiger partial charge is 0.392 e. The van der Waals surface area contributed by atoms with Crippen molar-refractivity contribution in [3.63, 3.8) is 0 Å². The van der Waals surface area contributed by atoms with Crippen LogP contribution in [-0.2, 0) is 26.2 Å². The zero-order chi connectivity index (χ0) is 19.6. The van der Waals surface area contributed by atoms with E-state index in [2.05, 4.69) is 42.2 Å². The minimum absolute atomic E-state index is 0.0575. The molecule has 5 nitrogen and oxygen atoms in total. The lowest BCUT2D eigenvalue weighted by molar-refractivity contribution is 0.119. The molecule has 0 saturated carbocycles. The van der Waals surface area contributed by atoms with E-state index in [1.54, 1.807) is 11.3 Å². The van der Waals surface area contributed by atoms with Crippen molar-refractivity contribution in [1.82, 2.24) is 14.0 Å². The van der Waals surface area contributed by atoms with Crippen LogP contribution in [0.2, 0.25) is 0 Å². The van der Waals surface area contributed by atoms with Gasteiger partial charge in [-0.2, -0.15) is 0 Å². The Balaban J connectivity index is 1.91. The fraction of sp³-hybridized carbons (Fsp3) is 0.476. The maximum Gasteiger partial charge on any atom is 0.329 e. The SMILES string of the molecule is CCn1c(=O)n(CC)c2cc(CN(Cc3ccc(C)s3)C[C@@H](C)O)ccc21. The molecule has 0 aliphatic carbocycles. The molecule has 0 saturated heterocycles. The number of thiophene rings is 1. The Morgan fingerprint density at radius 3 is 2.37 bits per heavy atom. The van der Waals surface area contributed by atoms with Gasteiger partial charge in [0.1, 0.15) is 0 Å². The van der Waals surface area contributed by atoms with Crippen LogP contribution in [0, 0.1) is 6.92 Å². The standard InChI is InChI=1S/C21H29N3O2S/c1-5-23-19-10-8-17(11-20(19)24(6-2)21(23)26)13-22(12-15(3)25)14-18-9-7-16(4)27-18/h7-11,15,25H,5-6,12-14H2,1-4H3/t15-/m1/s1. The molecule has 0 unspecified atom stereocenters. The highest BCUT2D eigenvalue weighted by atomic mass is 32.1. The first-order valence-corrected chi connectivity index (χ1v) is 10.4. The number of benzene rings is 1. The number of aromatic nitrogens is 2. The number of hydrogen-bond donors (Lipinski definition) is 1. The van der Waals surface area contributed by atoms with Gasteiger partial charge in [-0.25, -0.2) is 4.79 Å². The number of aryl methyl sites for hydroxylation is 3. The second-order valence-corrected chi connectivity index (χ2v) is 8.50. The first-order valence-electron chi connectivity index (χ1n) is 9.60. The Hall–Kier alpha value is -1.89. The first kappa shape index (κ1) is 19.9. The van der Waals surface area contributed by atoms with Crippen LogP contribution in [0.5, 0.6) is 0 Å². The molecule has 2 aromatic heterocycles. The van der Waals surface area contributed by atoms with Gasteiger partial charge in [0.25, 0.3) is 0 Å². The fourth-order valence-electron chi connectivity index (χ4n) is 3.68. The van der Waals surface area contributed by atoms with Crippen LogP contribution in [0.1, 0.15) is 36.1 Å². The Labute approximate surface area is 164 Å². The smallest absolute Gasteiger partial charge is 0.329 e. The van der Waals surface area contributed by atoms with Crippen LogP contribution in [0.15, 0.2) is 35.1 Å². The van der Waals surface area contributed by atoms with Crippen molar-refractivity contribution in [3.8, 4) is 0 Å². The van der Waals surface area contributed by atoms with Crippen molar-refractivity contribution < 1.29 is 5.11 Å². The zero-order valence-corrected chi connectivity index (χ0v) is 17.4. The molecular weight excluding hydrogens is 358 g/mol. The molecule has 0 radical (unpaired) electrons. The normalized spacial score (nSPS) is 13.0. The molecule has 1 N–H and O–H groups in total. The van der Waals surface area contributed by atoms with Gasteiger partial charge in [-0.15, -0.1) is 11.3 Å². The number of aliphatic hydroxyl groups is 1. The highest BCUT2D eigenvalue weighted by molar-refractivity contribution is 7.11. The van der Waals surface area contributed by atoms with Crippen molar-refractivity contribution in [3.05, 3.63) is 56.1 Å². The average Bonchev–Trinajstić information content (AvgIpc) is 3.13. The van der Waals surface area contributed by atoms with E-state index in [9.17, 15) is 9.90 Å². The van der Waals surface area contributed by atoms with Crippen LogP contribution >= 0.6 is 11.3 Å². The number of aliphatic hydroxyl groups excluding tert-OH is 1. The third-order valence-electron chi connectivity index (χ3n) is 4.82. The Bertz CT molecular complexity index is 968. The van der Waals surface area contributed by atoms with Gasteiger partial charge >= 0.3 is 5.69 Å². The summed E-state index contributed by atoms with van der Waals surface area (Å²) in [5, 5.41) is 9.92. The monoisotopic (exact) mass is 387 g/mol. The number of rotatable bonds is 8. The minimum atomic E-state index is -0.384. The summed E-state index contributed by atoms with van der Waals surface area (Å²) in [6, 6.07) is 10.6. The predicted octanol–water partition coefficient (Wildman–Crippen LogP) is 3.60. The van der Waals surface area contributed by atoms with E-state index in [4.69, 9.17) is 0 Å². The molecule has 0 fully saturated rings. The predicted molar refractivity (Wildman–Crippen MR) is 112 cm³/mol. The van der Waals surface area contributed by atoms with Gasteiger partial charge in [-0.05, 0) is 57.5 Å². The molecule has 3 rings (SSSR count). The fourth-order valence-corrected chi connectivity index (χ4v) is 4.62. The highest BCUT2D eigenvalue weighted by Crippen LogP contribution is 2.21. The number of hydrogen-bond acceptors (Lipinski definition) is 4. The zero-order valence-electron chi connectivity index (χ0n) is 16.6. The summed E-state index contributed by atoms with van der Waals surface area (Å²) < 4.78 is 3.66. The molecular formula is C21H29N3O2S. The lowest BCUT2D eigenvalue weighted by atomic mass is 10.1. The molecule has 27 heavy (non-hydrogen) atoms. The molecule has 146 valence electrons. The molecule has 0 amide bonds. The first-order chi connectivity index (χ1) is 12.9. The lowest BCUT2D eigenvalue weighted by Crippen LogP contribution is -2.30. The van der Waals surface area contributed by atoms with Gasteiger partial charge in [0, 0.05) is 42.5 Å². The topological polar surface area (TPSA) is 50.4 Å². The summed E-state index contributed by atoms with van der Waals surface area (Å²) >= 11 is 1.80. The van der Waals surface area contributed by atoms with E-state index < -0.39 is 0 Å². The van der Waals surface area contributed by atoms with Crippen LogP contribution in [-0.4, -0.2) is 31.8 Å². The van der Waals surface area contributed by atoms with E-state index in [1.165, 1.54) is 9.75 Å². The summed E-state index contributed by atoms with van der Waals surface area (Å²) in [4.78, 5) is 17.4. The molecule has 1 aromatic carbocycles. The van der Waals surface area contributed by atoms with Gasteiger partial charge in [0.15, 0.2) is 0 Å². The Morgan fingerprint density at radius 1 is 1.07 bits per heavy atom. The maximum absolute atomic E-state index is 12.6. The summed E-state index contributed by atoms with van der Waals surface area (Å²) in [5.74, 6) is 0. The lowest BCUT2D eigenvalue weighted by Gasteiger charge is -2.23. The molecule has 0 bridgehead atoms. The van der Waals surface area contributed by atoms with Crippen molar-refractivity contribution in [1.29, 1.82) is 0 Å². The molecule has 2 heterocycles. The molecule has 3 aromatic rings. The summed E-state index contributed by atoms with van der Waals surface area (Å²) in [6.45, 7) is 11.5. The van der Waals surface area contributed by atoms with Crippen LogP contribution in [0.4, 0.5) is 0 Å². The number of imidazole rings is 1. The number of fused-ring (bicyclic) bond motifs is 1. The molecule has 6 heteroatoms. The van der Waals surface area contributed by atoms with E-state index >= 15 is 0 Å². The van der Waals surface area contributed by atoms with Crippen molar-refractivity contribution in [2.75, 3.05) is 6.54 Å². The summed E-state index contributed by atoms with van der Waals surface area (Å²) in [7, 11) is 0. The van der Waals surface area contributed by atoms with Gasteiger partial charge in [0.05, 0.1) is 17.1 Å². The van der Waals surface area contributed by atoms with Crippen LogP contribution in [0.3, 0.4) is 0 Å². The Morgan fingerprint density at radius 2 is 1.78 bits per heavy atom. The Kier molecular flexibility index (Phi) is 6.19. The number of nitrogens with zero attached hydrogens (tertiary/aromatic N) is 3. The average molecular weight is 388 g/mol. The van der Waals surface area contributed by atoms with E-state index in [1.807, 2.05) is 29.9 Å². The minimum Gasteiger partial charge on any atom is -0.392 e. The third kappa shape index (κ3) is 4.34. The van der Waals surface area contributed by atoms with Crippen LogP contribution in [0.25, 0.3) is 11.0 Å². The molecule has 0 aliphatic rings. The summed E-state index contributed by atoms with van der Waals surface area (Å²) in [5.41, 5.74) is 3.20. The van der Waals surface area contributed by atoms with Gasteiger partial charge in [-0.3, -0.25) is 14.0 Å². The third-order valence-corrected chi connectivity index (χ3v) is 5.81. The van der Waals surface area contributed by atoms with Gasteiger partial charge in [0.2, 0.25) is 0 Å². The van der Waals surface area contributed by atoms with Crippen molar-refractivity contribution >= 4 is 22.4 Å². The second kappa shape index (κ2) is 8.42. The van der Waals surface area contributed by atoms with E-state index in [0.29, 0.717) is 19.6 Å². The van der Waals surface area contributed by atoms with Crippen LogP contribution < -0.4 is 5.69 Å². The maximum atomic E-state index is 12.6. The quantitative estimate of drug-likeness (QED) is 0.643. The van der Waals surface area contributed by atoms with Crippen molar-refractivity contribution in [2.24, 2.45) is 0 Å². The van der Waals surface area contributed by atoms with E-state index in [-0.39, 0.29) is 11.8 Å². The highest BCUT2D eigenvalue weighted by Gasteiger charge is 2.15. The summed E-state index contributed by atoms with van der Waals surface area (Å²) in [6.07, 6.45) is -0.384. The molecule has 1 atom stereocenters.